The fourth-order valence-corrected chi connectivity index (χ4v) is 1.96. The van der Waals surface area contributed by atoms with Crippen LogP contribution in [0.5, 0.6) is 0 Å². The van der Waals surface area contributed by atoms with E-state index in [0.717, 1.165) is 0 Å². The fourth-order valence-electron chi connectivity index (χ4n) is 1.03. The molecule has 0 aliphatic heterocycles. The first kappa shape index (κ1) is 16.2. The van der Waals surface area contributed by atoms with E-state index in [0.29, 0.717) is 17.9 Å². The number of carbonyl (C=O) groups excluding carboxylic acids is 3. The normalized spacial score (nSPS) is 11.3. The van der Waals surface area contributed by atoms with Crippen LogP contribution in [0.15, 0.2) is 0 Å². The van der Waals surface area contributed by atoms with Crippen molar-refractivity contribution in [3.05, 3.63) is 0 Å². The average Bonchev–Trinajstić information content (AvgIpc) is 2.25. The van der Waals surface area contributed by atoms with Crippen molar-refractivity contribution in [2.75, 3.05) is 11.5 Å². The monoisotopic (exact) mass is 277 g/mol. The molecule has 0 aromatic rings. The lowest BCUT2D eigenvalue weighted by molar-refractivity contribution is -0.140. The topological polar surface area (TPSA) is 139 Å². The van der Waals surface area contributed by atoms with E-state index in [1.807, 2.05) is 5.32 Å². The van der Waals surface area contributed by atoms with E-state index in [-0.39, 0.29) is 12.8 Å². The Balaban J connectivity index is 3.66. The second kappa shape index (κ2) is 9.28. The van der Waals surface area contributed by atoms with E-state index in [2.05, 4.69) is 5.32 Å². The van der Waals surface area contributed by atoms with Crippen molar-refractivity contribution in [3.8, 4) is 0 Å². The molecule has 5 N–H and O–H groups in total. The van der Waals surface area contributed by atoms with Gasteiger partial charge < -0.3 is 16.2 Å². The molecular formula is C9H15N3O5S. The Morgan fingerprint density at radius 1 is 1.33 bits per heavy atom. The predicted octanol–water partition coefficient (Wildman–Crippen LogP) is -1.11. The first-order chi connectivity index (χ1) is 8.47. The van der Waals surface area contributed by atoms with Crippen LogP contribution in [0.1, 0.15) is 12.8 Å². The van der Waals surface area contributed by atoms with Crippen LogP contribution in [0.4, 0.5) is 4.79 Å². The highest BCUT2D eigenvalue weighted by Crippen LogP contribution is 2.06. The van der Waals surface area contributed by atoms with Gasteiger partial charge in [0.05, 0.1) is 0 Å². The number of hydrogen-bond acceptors (Lipinski definition) is 5. The first-order valence-corrected chi connectivity index (χ1v) is 6.22. The van der Waals surface area contributed by atoms with Gasteiger partial charge in [-0.2, -0.15) is 11.8 Å². The molecule has 0 aliphatic rings. The van der Waals surface area contributed by atoms with Crippen LogP contribution in [-0.2, 0) is 14.4 Å². The number of urea groups is 1. The van der Waals surface area contributed by atoms with Crippen molar-refractivity contribution < 1.29 is 24.3 Å². The van der Waals surface area contributed by atoms with Crippen LogP contribution in [0.3, 0.4) is 0 Å². The third-order valence-electron chi connectivity index (χ3n) is 1.85. The van der Waals surface area contributed by atoms with Gasteiger partial charge in [0.15, 0.2) is 0 Å². The number of nitrogens with one attached hydrogen (secondary N) is 2. The highest BCUT2D eigenvalue weighted by molar-refractivity contribution is 7.99. The molecule has 0 aromatic carbocycles. The summed E-state index contributed by atoms with van der Waals surface area (Å²) in [6, 6.07) is -1.82. The van der Waals surface area contributed by atoms with Crippen LogP contribution >= 0.6 is 11.8 Å². The lowest BCUT2D eigenvalue weighted by Crippen LogP contribution is -2.36. The number of carboxylic acid groups (broad SMARTS) is 1. The number of nitrogens with two attached hydrogens (primary N) is 1. The molecule has 0 fully saturated rings. The molecule has 0 saturated carbocycles. The van der Waals surface area contributed by atoms with E-state index in [4.69, 9.17) is 10.8 Å². The van der Waals surface area contributed by atoms with E-state index in [1.165, 1.54) is 11.8 Å². The first-order valence-electron chi connectivity index (χ1n) is 5.07. The van der Waals surface area contributed by atoms with E-state index in [1.54, 1.807) is 0 Å². The van der Waals surface area contributed by atoms with Crippen LogP contribution < -0.4 is 16.4 Å². The molecule has 9 heteroatoms. The number of primary amides is 1. The van der Waals surface area contributed by atoms with Gasteiger partial charge in [-0.1, -0.05) is 0 Å². The predicted molar refractivity (Wildman–Crippen MR) is 64.9 cm³/mol. The maximum atomic E-state index is 11.0. The third kappa shape index (κ3) is 8.39. The number of carboxylic acids is 1. The Kier molecular flexibility index (Phi) is 8.37. The third-order valence-corrected chi connectivity index (χ3v) is 2.87. The Morgan fingerprint density at radius 2 is 2.00 bits per heavy atom. The average molecular weight is 277 g/mol. The zero-order valence-electron chi connectivity index (χ0n) is 9.55. The van der Waals surface area contributed by atoms with Gasteiger partial charge in [-0.15, -0.1) is 0 Å². The zero-order valence-corrected chi connectivity index (χ0v) is 10.4. The van der Waals surface area contributed by atoms with Crippen molar-refractivity contribution in [1.82, 2.24) is 10.6 Å². The van der Waals surface area contributed by atoms with Crippen molar-refractivity contribution in [2.45, 2.75) is 18.9 Å². The molecule has 1 atom stereocenters. The number of amides is 4. The van der Waals surface area contributed by atoms with Gasteiger partial charge in [0.25, 0.3) is 0 Å². The molecule has 1 unspecified atom stereocenters. The Morgan fingerprint density at radius 3 is 2.50 bits per heavy atom. The van der Waals surface area contributed by atoms with E-state index >= 15 is 0 Å². The number of aliphatic carboxylic acids is 1. The summed E-state index contributed by atoms with van der Waals surface area (Å²) in [6.07, 6.45) is 0.715. The van der Waals surface area contributed by atoms with Crippen molar-refractivity contribution >= 4 is 36.1 Å². The van der Waals surface area contributed by atoms with Gasteiger partial charge in [0, 0.05) is 12.2 Å². The minimum absolute atomic E-state index is 0.118. The Labute approximate surface area is 108 Å². The molecule has 102 valence electrons. The van der Waals surface area contributed by atoms with Gasteiger partial charge >= 0.3 is 12.0 Å². The van der Waals surface area contributed by atoms with Gasteiger partial charge in [0.2, 0.25) is 12.3 Å². The van der Waals surface area contributed by atoms with Crippen molar-refractivity contribution in [3.63, 3.8) is 0 Å². The summed E-state index contributed by atoms with van der Waals surface area (Å²) in [5, 5.41) is 12.8. The summed E-state index contributed by atoms with van der Waals surface area (Å²) in [4.78, 5) is 42.1. The SMILES string of the molecule is NC(=O)NC(=O)CCSCCC(NC=O)C(=O)O. The number of carbonyl (C=O) groups is 4. The van der Waals surface area contributed by atoms with Gasteiger partial charge in [0.1, 0.15) is 6.04 Å². The van der Waals surface area contributed by atoms with Gasteiger partial charge in [-0.05, 0) is 12.2 Å². The molecule has 0 aliphatic carbocycles. The molecule has 0 heterocycles. The highest BCUT2D eigenvalue weighted by atomic mass is 32.2. The Hall–Kier alpha value is -1.77. The second-order valence-corrected chi connectivity index (χ2v) is 4.46. The van der Waals surface area contributed by atoms with Crippen molar-refractivity contribution in [2.24, 2.45) is 5.73 Å². The van der Waals surface area contributed by atoms with Crippen LogP contribution in [-0.4, -0.2) is 47.0 Å². The lowest BCUT2D eigenvalue weighted by Gasteiger charge is -2.10. The molecule has 0 rings (SSSR count). The van der Waals surface area contributed by atoms with Crippen molar-refractivity contribution in [1.29, 1.82) is 0 Å². The molecule has 0 bridgehead atoms. The molecule has 0 spiro atoms. The molecular weight excluding hydrogens is 262 g/mol. The standard InChI is InChI=1S/C9H15N3O5S/c10-9(17)12-7(14)2-4-18-3-1-6(8(15)16)11-5-13/h5-6H,1-4H2,(H,11,13)(H,15,16)(H3,10,12,14,17). The minimum Gasteiger partial charge on any atom is -0.480 e. The largest absolute Gasteiger partial charge is 0.480 e. The Bertz CT molecular complexity index is 323. The fraction of sp³-hybridized carbons (Fsp3) is 0.556. The van der Waals surface area contributed by atoms with Crippen LogP contribution in [0, 0.1) is 0 Å². The summed E-state index contributed by atoms with van der Waals surface area (Å²) < 4.78 is 0. The summed E-state index contributed by atoms with van der Waals surface area (Å²) >= 11 is 1.35. The maximum absolute atomic E-state index is 11.0. The van der Waals surface area contributed by atoms with Crippen LogP contribution in [0.25, 0.3) is 0 Å². The molecule has 0 radical (unpaired) electrons. The number of imide groups is 1. The molecule has 8 nitrogen and oxygen atoms in total. The smallest absolute Gasteiger partial charge is 0.326 e. The zero-order chi connectivity index (χ0) is 14.0. The quantitative estimate of drug-likeness (QED) is 0.311. The van der Waals surface area contributed by atoms with E-state index < -0.39 is 23.9 Å². The molecule has 18 heavy (non-hydrogen) atoms. The van der Waals surface area contributed by atoms with E-state index in [9.17, 15) is 19.2 Å². The summed E-state index contributed by atoms with van der Waals surface area (Å²) in [7, 11) is 0. The molecule has 4 amide bonds. The summed E-state index contributed by atoms with van der Waals surface area (Å²) in [5.74, 6) is -0.668. The lowest BCUT2D eigenvalue weighted by atomic mass is 10.2. The number of thioether (sulfide) groups is 1. The minimum atomic E-state index is -1.10. The highest BCUT2D eigenvalue weighted by Gasteiger charge is 2.15. The van der Waals surface area contributed by atoms with Gasteiger partial charge in [-0.25, -0.2) is 9.59 Å². The number of rotatable bonds is 9. The van der Waals surface area contributed by atoms with Gasteiger partial charge in [-0.3, -0.25) is 14.9 Å². The summed E-state index contributed by atoms with van der Waals surface area (Å²) in [5.41, 5.74) is 4.75. The molecule has 0 saturated heterocycles. The second-order valence-electron chi connectivity index (χ2n) is 3.24. The molecule has 0 aromatic heterocycles. The van der Waals surface area contributed by atoms with Crippen LogP contribution in [0.2, 0.25) is 0 Å². The summed E-state index contributed by atoms with van der Waals surface area (Å²) in [6.45, 7) is 0. The number of hydrogen-bond donors (Lipinski definition) is 4. The maximum Gasteiger partial charge on any atom is 0.326 e.